The molecule has 0 amide bonds. The van der Waals surface area contributed by atoms with Crippen LogP contribution in [0.25, 0.3) is 10.9 Å². The summed E-state index contributed by atoms with van der Waals surface area (Å²) in [5.74, 6) is 0.0623. The number of methoxy groups -OCH3 is 1. The van der Waals surface area contributed by atoms with Crippen molar-refractivity contribution in [2.24, 2.45) is 0 Å². The molecular formula is C12H12N2O6. The highest BCUT2D eigenvalue weighted by atomic mass is 16.7. The molecule has 0 aliphatic rings. The Morgan fingerprint density at radius 1 is 1.50 bits per heavy atom. The van der Waals surface area contributed by atoms with Gasteiger partial charge in [0.25, 0.3) is 5.69 Å². The number of non-ortho nitro benzene ring substituents is 1. The van der Waals surface area contributed by atoms with Gasteiger partial charge >= 0.3 is 6.16 Å². The number of aromatic nitrogens is 1. The lowest BCUT2D eigenvalue weighted by Gasteiger charge is -2.03. The number of nitrogens with zero attached hydrogens (tertiary/aromatic N) is 2. The molecule has 0 aliphatic carbocycles. The van der Waals surface area contributed by atoms with E-state index in [0.29, 0.717) is 24.1 Å². The van der Waals surface area contributed by atoms with Crippen molar-refractivity contribution in [1.82, 2.24) is 4.57 Å². The zero-order chi connectivity index (χ0) is 14.7. The minimum Gasteiger partial charge on any atom is -0.449 e. The van der Waals surface area contributed by atoms with Crippen molar-refractivity contribution < 1.29 is 24.3 Å². The molecule has 0 fully saturated rings. The van der Waals surface area contributed by atoms with Crippen molar-refractivity contribution in [3.05, 3.63) is 34.5 Å². The first-order valence-electron chi connectivity index (χ1n) is 5.70. The maximum atomic E-state index is 10.8. The summed E-state index contributed by atoms with van der Waals surface area (Å²) in [5, 5.41) is 19.9. The highest BCUT2D eigenvalue weighted by molar-refractivity contribution is 5.90. The Labute approximate surface area is 113 Å². The van der Waals surface area contributed by atoms with E-state index in [2.05, 4.69) is 4.74 Å². The monoisotopic (exact) mass is 280 g/mol. The van der Waals surface area contributed by atoms with Crippen LogP contribution in [0.3, 0.4) is 0 Å². The predicted octanol–water partition coefficient (Wildman–Crippen LogP) is 2.25. The van der Waals surface area contributed by atoms with Crippen molar-refractivity contribution in [2.45, 2.75) is 6.54 Å². The van der Waals surface area contributed by atoms with Gasteiger partial charge in [0, 0.05) is 37.4 Å². The number of ether oxygens (including phenoxy) is 2. The first-order valence-corrected chi connectivity index (χ1v) is 5.70. The molecule has 0 aliphatic heterocycles. The van der Waals surface area contributed by atoms with E-state index in [1.165, 1.54) is 18.3 Å². The van der Waals surface area contributed by atoms with Crippen LogP contribution in [0, 0.1) is 10.1 Å². The molecule has 2 aromatic rings. The van der Waals surface area contributed by atoms with Gasteiger partial charge in [0.1, 0.15) is 0 Å². The summed E-state index contributed by atoms with van der Waals surface area (Å²) in [5.41, 5.74) is 0.515. The second-order valence-electron chi connectivity index (χ2n) is 4.01. The molecule has 0 unspecified atom stereocenters. The first-order chi connectivity index (χ1) is 9.52. The number of hydrogen-bond acceptors (Lipinski definition) is 5. The Balaban J connectivity index is 2.54. The van der Waals surface area contributed by atoms with E-state index in [1.807, 2.05) is 0 Å². The van der Waals surface area contributed by atoms with E-state index in [9.17, 15) is 14.9 Å². The van der Waals surface area contributed by atoms with Crippen LogP contribution < -0.4 is 4.74 Å². The third-order valence-electron chi connectivity index (χ3n) is 2.77. The summed E-state index contributed by atoms with van der Waals surface area (Å²) in [6, 6.07) is 4.20. The Kier molecular flexibility index (Phi) is 3.85. The lowest BCUT2D eigenvalue weighted by atomic mass is 10.2. The van der Waals surface area contributed by atoms with Crippen LogP contribution in [0.2, 0.25) is 0 Å². The summed E-state index contributed by atoms with van der Waals surface area (Å²) < 4.78 is 11.3. The summed E-state index contributed by atoms with van der Waals surface area (Å²) in [6.07, 6.45) is 0.0175. The number of carboxylic acid groups (broad SMARTS) is 1. The maximum absolute atomic E-state index is 10.8. The molecule has 8 heteroatoms. The first kappa shape index (κ1) is 13.8. The van der Waals surface area contributed by atoms with Gasteiger partial charge in [-0.15, -0.1) is 0 Å². The Morgan fingerprint density at radius 2 is 2.25 bits per heavy atom. The van der Waals surface area contributed by atoms with Gasteiger partial charge in [0.05, 0.1) is 17.0 Å². The summed E-state index contributed by atoms with van der Waals surface area (Å²) >= 11 is 0. The number of nitro benzene ring substituents is 1. The third-order valence-corrected chi connectivity index (χ3v) is 2.77. The molecule has 0 saturated heterocycles. The van der Waals surface area contributed by atoms with Gasteiger partial charge in [-0.25, -0.2) is 4.79 Å². The normalized spacial score (nSPS) is 10.7. The molecule has 0 radical (unpaired) electrons. The molecule has 0 saturated carbocycles. The van der Waals surface area contributed by atoms with Gasteiger partial charge in [-0.2, -0.15) is 0 Å². The van der Waals surface area contributed by atoms with E-state index in [4.69, 9.17) is 9.84 Å². The van der Waals surface area contributed by atoms with Gasteiger partial charge < -0.3 is 19.1 Å². The van der Waals surface area contributed by atoms with Gasteiger partial charge in [-0.05, 0) is 6.07 Å². The molecule has 0 bridgehead atoms. The fraction of sp³-hybridized carbons (Fsp3) is 0.250. The second kappa shape index (κ2) is 5.57. The van der Waals surface area contributed by atoms with E-state index in [1.54, 1.807) is 17.7 Å². The molecule has 106 valence electrons. The predicted molar refractivity (Wildman–Crippen MR) is 69.1 cm³/mol. The number of benzene rings is 1. The lowest BCUT2D eigenvalue weighted by molar-refractivity contribution is -0.384. The Morgan fingerprint density at radius 3 is 2.85 bits per heavy atom. The van der Waals surface area contributed by atoms with Crippen molar-refractivity contribution in [3.63, 3.8) is 0 Å². The Bertz CT molecular complexity index is 663. The minimum atomic E-state index is -1.47. The van der Waals surface area contributed by atoms with Crippen molar-refractivity contribution >= 4 is 22.7 Å². The standard InChI is InChI=1S/C12H12N2O6/c1-19-5-4-13-7-11(20-12(15)16)9-6-8(14(17)18)2-3-10(9)13/h2-3,6-7H,4-5H2,1H3,(H,15,16). The van der Waals surface area contributed by atoms with Gasteiger partial charge in [-0.1, -0.05) is 0 Å². The van der Waals surface area contributed by atoms with Crippen molar-refractivity contribution in [1.29, 1.82) is 0 Å². The molecule has 0 spiro atoms. The zero-order valence-electron chi connectivity index (χ0n) is 10.6. The smallest absolute Gasteiger partial charge is 0.449 e. The number of carbonyl (C=O) groups is 1. The third kappa shape index (κ3) is 2.69. The van der Waals surface area contributed by atoms with Crippen LogP contribution in [-0.2, 0) is 11.3 Å². The molecule has 1 heterocycles. The summed E-state index contributed by atoms with van der Waals surface area (Å²) in [6.45, 7) is 0.904. The minimum absolute atomic E-state index is 0.0623. The van der Waals surface area contributed by atoms with Crippen molar-refractivity contribution in [2.75, 3.05) is 13.7 Å². The van der Waals surface area contributed by atoms with Crippen LogP contribution >= 0.6 is 0 Å². The average molecular weight is 280 g/mol. The van der Waals surface area contributed by atoms with E-state index in [0.717, 1.165) is 0 Å². The number of hydrogen-bond donors (Lipinski definition) is 1. The van der Waals surface area contributed by atoms with Crippen LogP contribution in [0.15, 0.2) is 24.4 Å². The molecule has 20 heavy (non-hydrogen) atoms. The van der Waals surface area contributed by atoms with E-state index >= 15 is 0 Å². The summed E-state index contributed by atoms with van der Waals surface area (Å²) in [7, 11) is 1.55. The number of fused-ring (bicyclic) bond motifs is 1. The van der Waals surface area contributed by atoms with Crippen LogP contribution in [-0.4, -0.2) is 34.5 Å². The molecule has 1 N–H and O–H groups in total. The molecular weight excluding hydrogens is 268 g/mol. The van der Waals surface area contributed by atoms with Crippen molar-refractivity contribution in [3.8, 4) is 5.75 Å². The Hall–Kier alpha value is -2.61. The zero-order valence-corrected chi connectivity index (χ0v) is 10.6. The SMILES string of the molecule is COCCn1cc(OC(=O)O)c2cc([N+](=O)[O-])ccc21. The number of nitro groups is 1. The van der Waals surface area contributed by atoms with E-state index < -0.39 is 11.1 Å². The van der Waals surface area contributed by atoms with E-state index in [-0.39, 0.29) is 11.4 Å². The highest BCUT2D eigenvalue weighted by Crippen LogP contribution is 2.31. The lowest BCUT2D eigenvalue weighted by Crippen LogP contribution is -2.03. The number of rotatable bonds is 5. The largest absolute Gasteiger partial charge is 0.511 e. The molecule has 8 nitrogen and oxygen atoms in total. The fourth-order valence-corrected chi connectivity index (χ4v) is 1.92. The van der Waals surface area contributed by atoms with Gasteiger partial charge in [-0.3, -0.25) is 10.1 Å². The maximum Gasteiger partial charge on any atom is 0.511 e. The second-order valence-corrected chi connectivity index (χ2v) is 4.01. The van der Waals surface area contributed by atoms with Crippen LogP contribution in [0.5, 0.6) is 5.75 Å². The molecule has 1 aromatic heterocycles. The van der Waals surface area contributed by atoms with Crippen LogP contribution in [0.1, 0.15) is 0 Å². The molecule has 1 aromatic carbocycles. The molecule has 2 rings (SSSR count). The highest BCUT2D eigenvalue weighted by Gasteiger charge is 2.16. The fourth-order valence-electron chi connectivity index (χ4n) is 1.92. The van der Waals surface area contributed by atoms with Gasteiger partial charge in [0.15, 0.2) is 5.75 Å². The molecule has 0 atom stereocenters. The summed E-state index contributed by atoms with van der Waals surface area (Å²) in [4.78, 5) is 20.9. The quantitative estimate of drug-likeness (QED) is 0.511. The van der Waals surface area contributed by atoms with Gasteiger partial charge in [0.2, 0.25) is 0 Å². The average Bonchev–Trinajstić information content (AvgIpc) is 2.73. The topological polar surface area (TPSA) is 104 Å². The van der Waals surface area contributed by atoms with Crippen LogP contribution in [0.4, 0.5) is 10.5 Å².